The van der Waals surface area contributed by atoms with Crippen molar-refractivity contribution < 1.29 is 4.79 Å². The summed E-state index contributed by atoms with van der Waals surface area (Å²) >= 11 is 0. The Bertz CT molecular complexity index is 274. The van der Waals surface area contributed by atoms with E-state index in [0.717, 1.165) is 25.8 Å². The molecule has 1 heterocycles. The van der Waals surface area contributed by atoms with Crippen molar-refractivity contribution in [3.8, 4) is 0 Å². The summed E-state index contributed by atoms with van der Waals surface area (Å²) in [6.07, 6.45) is 7.12. The van der Waals surface area contributed by atoms with Crippen molar-refractivity contribution in [2.45, 2.75) is 70.5 Å². The second kappa shape index (κ2) is 6.41. The van der Waals surface area contributed by atoms with Gasteiger partial charge in [0.2, 0.25) is 0 Å². The number of likely N-dealkylation sites (tertiary alicyclic amines) is 1. The van der Waals surface area contributed by atoms with Crippen LogP contribution in [0.25, 0.3) is 0 Å². The third-order valence-corrected chi connectivity index (χ3v) is 4.21. The molecule has 0 spiro atoms. The fourth-order valence-electron chi connectivity index (χ4n) is 3.08. The molecule has 2 rings (SSSR count). The second-order valence-electron chi connectivity index (χ2n) is 6.03. The largest absolute Gasteiger partial charge is 0.335 e. The summed E-state index contributed by atoms with van der Waals surface area (Å²) in [4.78, 5) is 14.4. The zero-order valence-corrected chi connectivity index (χ0v) is 11.7. The van der Waals surface area contributed by atoms with E-state index in [2.05, 4.69) is 29.4 Å². The molecule has 2 N–H and O–H groups in total. The molecule has 18 heavy (non-hydrogen) atoms. The van der Waals surface area contributed by atoms with Crippen molar-refractivity contribution in [2.24, 2.45) is 0 Å². The maximum absolute atomic E-state index is 11.9. The van der Waals surface area contributed by atoms with Crippen LogP contribution in [0.5, 0.6) is 0 Å². The number of urea groups is 1. The number of carbonyl (C=O) groups excluding carboxylic acids is 1. The van der Waals surface area contributed by atoms with Gasteiger partial charge in [0.1, 0.15) is 0 Å². The van der Waals surface area contributed by atoms with Gasteiger partial charge in [0.05, 0.1) is 0 Å². The molecule has 1 aliphatic heterocycles. The van der Waals surface area contributed by atoms with Gasteiger partial charge in [-0.3, -0.25) is 4.90 Å². The van der Waals surface area contributed by atoms with Crippen LogP contribution in [0.1, 0.15) is 52.4 Å². The normalized spacial score (nSPS) is 26.5. The molecule has 2 aliphatic rings. The summed E-state index contributed by atoms with van der Waals surface area (Å²) in [7, 11) is 0. The zero-order chi connectivity index (χ0) is 13.0. The average molecular weight is 253 g/mol. The van der Waals surface area contributed by atoms with Gasteiger partial charge in [0.15, 0.2) is 0 Å². The van der Waals surface area contributed by atoms with Gasteiger partial charge in [-0.15, -0.1) is 0 Å². The molecule has 104 valence electrons. The molecule has 4 heteroatoms. The van der Waals surface area contributed by atoms with Gasteiger partial charge < -0.3 is 10.6 Å². The molecule has 1 saturated carbocycles. The molecular weight excluding hydrogens is 226 g/mol. The molecule has 2 amide bonds. The summed E-state index contributed by atoms with van der Waals surface area (Å²) in [6.45, 7) is 6.61. The van der Waals surface area contributed by atoms with Crippen LogP contribution in [0, 0.1) is 0 Å². The molecule has 0 aromatic heterocycles. The highest BCUT2D eigenvalue weighted by Crippen LogP contribution is 2.17. The smallest absolute Gasteiger partial charge is 0.315 e. The standard InChI is InChI=1S/C14H27N3O/c1-11(2)17-9-5-8-13(10-17)16-14(18)15-12-6-3-4-7-12/h11-13H,3-10H2,1-2H3,(H2,15,16,18)/t13-/m1/s1. The van der Waals surface area contributed by atoms with Crippen LogP contribution in [0.2, 0.25) is 0 Å². The number of nitrogens with zero attached hydrogens (tertiary/aromatic N) is 1. The molecule has 0 bridgehead atoms. The van der Waals surface area contributed by atoms with Gasteiger partial charge in [0, 0.05) is 24.7 Å². The predicted molar refractivity (Wildman–Crippen MR) is 73.7 cm³/mol. The number of amides is 2. The van der Waals surface area contributed by atoms with Gasteiger partial charge in [-0.05, 0) is 46.1 Å². The number of rotatable bonds is 3. The lowest BCUT2D eigenvalue weighted by molar-refractivity contribution is 0.154. The first kappa shape index (κ1) is 13.7. The van der Waals surface area contributed by atoms with Crippen molar-refractivity contribution in [3.05, 3.63) is 0 Å². The Morgan fingerprint density at radius 2 is 1.67 bits per heavy atom. The molecule has 0 unspecified atom stereocenters. The summed E-state index contributed by atoms with van der Waals surface area (Å²) in [5.74, 6) is 0. The van der Waals surface area contributed by atoms with E-state index >= 15 is 0 Å². The van der Waals surface area contributed by atoms with Crippen LogP contribution in [-0.4, -0.2) is 42.1 Å². The lowest BCUT2D eigenvalue weighted by Gasteiger charge is -2.35. The molecule has 0 aromatic carbocycles. The van der Waals surface area contributed by atoms with Gasteiger partial charge in [-0.1, -0.05) is 12.8 Å². The predicted octanol–water partition coefficient (Wildman–Crippen LogP) is 2.10. The van der Waals surface area contributed by atoms with Crippen LogP contribution < -0.4 is 10.6 Å². The van der Waals surface area contributed by atoms with Crippen molar-refractivity contribution >= 4 is 6.03 Å². The van der Waals surface area contributed by atoms with Crippen LogP contribution in [0.4, 0.5) is 4.79 Å². The molecular formula is C14H27N3O. The maximum atomic E-state index is 11.9. The molecule has 4 nitrogen and oxygen atoms in total. The minimum atomic E-state index is 0.0394. The van der Waals surface area contributed by atoms with E-state index in [1.807, 2.05) is 0 Å². The monoisotopic (exact) mass is 253 g/mol. The Labute approximate surface area is 110 Å². The van der Waals surface area contributed by atoms with Crippen LogP contribution in [0.3, 0.4) is 0 Å². The third-order valence-electron chi connectivity index (χ3n) is 4.21. The first-order valence-electron chi connectivity index (χ1n) is 7.46. The van der Waals surface area contributed by atoms with E-state index in [0.29, 0.717) is 18.1 Å². The Balaban J connectivity index is 1.72. The molecule has 0 aromatic rings. The maximum Gasteiger partial charge on any atom is 0.315 e. The van der Waals surface area contributed by atoms with Gasteiger partial charge in [-0.25, -0.2) is 4.79 Å². The zero-order valence-electron chi connectivity index (χ0n) is 11.7. The SMILES string of the molecule is CC(C)N1CCC[C@@H](NC(=O)NC2CCCC2)C1. The Kier molecular flexibility index (Phi) is 4.87. The fraction of sp³-hybridized carbons (Fsp3) is 0.929. The highest BCUT2D eigenvalue weighted by Gasteiger charge is 2.24. The highest BCUT2D eigenvalue weighted by molar-refractivity contribution is 5.74. The molecule has 1 atom stereocenters. The van der Waals surface area contributed by atoms with Crippen molar-refractivity contribution in [1.29, 1.82) is 0 Å². The minimum Gasteiger partial charge on any atom is -0.335 e. The molecule has 1 aliphatic carbocycles. The highest BCUT2D eigenvalue weighted by atomic mass is 16.2. The van der Waals surface area contributed by atoms with E-state index in [4.69, 9.17) is 0 Å². The Morgan fingerprint density at radius 1 is 1.06 bits per heavy atom. The van der Waals surface area contributed by atoms with E-state index in [1.54, 1.807) is 0 Å². The fourth-order valence-corrected chi connectivity index (χ4v) is 3.08. The molecule has 0 radical (unpaired) electrons. The first-order chi connectivity index (χ1) is 8.65. The van der Waals surface area contributed by atoms with Gasteiger partial charge in [0.25, 0.3) is 0 Å². The summed E-state index contributed by atoms with van der Waals surface area (Å²) in [6, 6.07) is 1.35. The van der Waals surface area contributed by atoms with Crippen molar-refractivity contribution in [3.63, 3.8) is 0 Å². The van der Waals surface area contributed by atoms with Gasteiger partial charge >= 0.3 is 6.03 Å². The number of carbonyl (C=O) groups is 1. The lowest BCUT2D eigenvalue weighted by atomic mass is 10.0. The van der Waals surface area contributed by atoms with E-state index in [1.165, 1.54) is 25.8 Å². The molecule has 2 fully saturated rings. The topological polar surface area (TPSA) is 44.4 Å². The number of hydrogen-bond donors (Lipinski definition) is 2. The summed E-state index contributed by atoms with van der Waals surface area (Å²) in [5, 5.41) is 6.24. The summed E-state index contributed by atoms with van der Waals surface area (Å²) < 4.78 is 0. The van der Waals surface area contributed by atoms with Crippen LogP contribution in [0.15, 0.2) is 0 Å². The third kappa shape index (κ3) is 3.87. The molecule has 1 saturated heterocycles. The number of piperidine rings is 1. The van der Waals surface area contributed by atoms with E-state index in [9.17, 15) is 4.79 Å². The van der Waals surface area contributed by atoms with E-state index in [-0.39, 0.29) is 6.03 Å². The van der Waals surface area contributed by atoms with Crippen LogP contribution in [-0.2, 0) is 0 Å². The van der Waals surface area contributed by atoms with Crippen molar-refractivity contribution in [1.82, 2.24) is 15.5 Å². The number of hydrogen-bond acceptors (Lipinski definition) is 2. The van der Waals surface area contributed by atoms with Crippen LogP contribution >= 0.6 is 0 Å². The lowest BCUT2D eigenvalue weighted by Crippen LogP contribution is -2.53. The minimum absolute atomic E-state index is 0.0394. The quantitative estimate of drug-likeness (QED) is 0.809. The second-order valence-corrected chi connectivity index (χ2v) is 6.03. The Morgan fingerprint density at radius 3 is 2.33 bits per heavy atom. The van der Waals surface area contributed by atoms with Gasteiger partial charge in [-0.2, -0.15) is 0 Å². The number of nitrogens with one attached hydrogen (secondary N) is 2. The average Bonchev–Trinajstić information content (AvgIpc) is 2.82. The summed E-state index contributed by atoms with van der Waals surface area (Å²) in [5.41, 5.74) is 0. The first-order valence-corrected chi connectivity index (χ1v) is 7.46. The van der Waals surface area contributed by atoms with Crippen molar-refractivity contribution in [2.75, 3.05) is 13.1 Å². The Hall–Kier alpha value is -0.770. The van der Waals surface area contributed by atoms with E-state index < -0.39 is 0 Å².